The van der Waals surface area contributed by atoms with Crippen molar-refractivity contribution in [2.45, 2.75) is 114 Å². The van der Waals surface area contributed by atoms with Crippen molar-refractivity contribution in [2.75, 3.05) is 6.61 Å². The molecule has 1 N–H and O–H groups in total. The van der Waals surface area contributed by atoms with Gasteiger partial charge in [-0.3, -0.25) is 19.2 Å². The highest BCUT2D eigenvalue weighted by Gasteiger charge is 2.73. The first-order valence-corrected chi connectivity index (χ1v) is 18.8. The Morgan fingerprint density at radius 1 is 0.803 bits per heavy atom. The topological polar surface area (TPSA) is 188 Å². The molecular formula is C37H36F8N2O13S. The average Bonchev–Trinajstić information content (AvgIpc) is 3.83. The van der Waals surface area contributed by atoms with Gasteiger partial charge in [0, 0.05) is 57.0 Å². The first kappa shape index (κ1) is 46.7. The number of aliphatic hydroxyl groups is 1. The van der Waals surface area contributed by atoms with E-state index in [0.29, 0.717) is 19.0 Å². The van der Waals surface area contributed by atoms with Crippen LogP contribution in [0.15, 0.2) is 42.7 Å². The molecule has 2 unspecified atom stereocenters. The number of hydrogen-bond donors (Lipinski definition) is 1. The molecule has 0 spiro atoms. The van der Waals surface area contributed by atoms with E-state index in [0.717, 1.165) is 33.8 Å². The van der Waals surface area contributed by atoms with Crippen LogP contribution < -0.4 is 14.2 Å². The predicted octanol–water partition coefficient (Wildman–Crippen LogP) is 5.83. The molecule has 1 saturated carbocycles. The summed E-state index contributed by atoms with van der Waals surface area (Å²) < 4.78 is 153. The Labute approximate surface area is 344 Å². The van der Waals surface area contributed by atoms with Gasteiger partial charge in [-0.1, -0.05) is 12.1 Å². The predicted molar refractivity (Wildman–Crippen MR) is 187 cm³/mol. The number of aromatic nitrogens is 2. The monoisotopic (exact) mass is 900 g/mol. The summed E-state index contributed by atoms with van der Waals surface area (Å²) in [5.74, 6) is -5.44. The first-order valence-electron chi connectivity index (χ1n) is 18.0. The Bertz CT molecular complexity index is 2030. The number of halogens is 8. The van der Waals surface area contributed by atoms with E-state index < -0.39 is 96.7 Å². The van der Waals surface area contributed by atoms with Crippen LogP contribution >= 0.6 is 11.3 Å². The lowest BCUT2D eigenvalue weighted by Gasteiger charge is -2.43. The van der Waals surface area contributed by atoms with Crippen molar-refractivity contribution in [1.29, 1.82) is 0 Å². The van der Waals surface area contributed by atoms with E-state index in [1.54, 1.807) is 0 Å². The molecule has 3 aromatic rings. The van der Waals surface area contributed by atoms with Gasteiger partial charge in [0.1, 0.15) is 17.7 Å². The van der Waals surface area contributed by atoms with Crippen LogP contribution in [0.3, 0.4) is 0 Å². The highest BCUT2D eigenvalue weighted by molar-refractivity contribution is 7.11. The third kappa shape index (κ3) is 11.5. The largest absolute Gasteiger partial charge is 0.487 e. The SMILES string of the molecule is CC(=O)OCC1O[C@@H](Oc2ccc(C[C@@H](c3ccc(OC(F)F)c(OC4CC4)c3)c3cnc(C(O)(C(F)(F)F)C(F)(F)F)s3)cn2)C(OC(C)=O)[C@H](OC(C)=O)[C@@H]1OC(C)=O. The van der Waals surface area contributed by atoms with Gasteiger partial charge in [0.2, 0.25) is 18.3 Å². The van der Waals surface area contributed by atoms with Crippen molar-refractivity contribution in [3.63, 3.8) is 0 Å². The van der Waals surface area contributed by atoms with Crippen LogP contribution in [0.25, 0.3) is 0 Å². The molecule has 2 aromatic heterocycles. The first-order chi connectivity index (χ1) is 28.5. The molecule has 1 aliphatic carbocycles. The molecule has 2 fully saturated rings. The average molecular weight is 901 g/mol. The maximum atomic E-state index is 13.8. The van der Waals surface area contributed by atoms with Gasteiger partial charge < -0.3 is 43.0 Å². The molecule has 3 heterocycles. The summed E-state index contributed by atoms with van der Waals surface area (Å²) in [6.07, 6.45) is -17.7. The lowest BCUT2D eigenvalue weighted by Crippen LogP contribution is -2.63. The molecule has 1 aliphatic heterocycles. The van der Waals surface area contributed by atoms with E-state index in [1.807, 2.05) is 0 Å². The quantitative estimate of drug-likeness (QED) is 0.103. The molecule has 1 saturated heterocycles. The summed E-state index contributed by atoms with van der Waals surface area (Å²) in [5.41, 5.74) is -4.93. The number of carbonyl (C=O) groups excluding carboxylic acids is 4. The van der Waals surface area contributed by atoms with E-state index in [2.05, 4.69) is 14.7 Å². The Hall–Kier alpha value is -5.36. The second-order valence-corrected chi connectivity index (χ2v) is 14.7. The van der Waals surface area contributed by atoms with Crippen molar-refractivity contribution in [2.24, 2.45) is 0 Å². The Balaban J connectivity index is 1.51. The van der Waals surface area contributed by atoms with Gasteiger partial charge in [-0.2, -0.15) is 35.1 Å². The number of nitrogens with zero attached hydrogens (tertiary/aromatic N) is 2. The fourth-order valence-corrected chi connectivity index (χ4v) is 7.21. The van der Waals surface area contributed by atoms with Gasteiger partial charge in [-0.15, -0.1) is 11.3 Å². The number of pyridine rings is 1. The molecule has 2 aliphatic rings. The normalized spacial score (nSPS) is 21.2. The Morgan fingerprint density at radius 3 is 1.97 bits per heavy atom. The summed E-state index contributed by atoms with van der Waals surface area (Å²) in [7, 11) is 0. The van der Waals surface area contributed by atoms with Crippen LogP contribution in [0.5, 0.6) is 17.4 Å². The maximum absolute atomic E-state index is 13.8. The smallest absolute Gasteiger partial charge is 0.433 e. The number of hydrogen-bond acceptors (Lipinski definition) is 16. The van der Waals surface area contributed by atoms with Crippen molar-refractivity contribution >= 4 is 35.2 Å². The minimum atomic E-state index is -6.23. The summed E-state index contributed by atoms with van der Waals surface area (Å²) in [6, 6.07) is 6.20. The molecule has 6 atom stereocenters. The zero-order valence-corrected chi connectivity index (χ0v) is 33.0. The van der Waals surface area contributed by atoms with Crippen LogP contribution in [-0.2, 0) is 54.9 Å². The van der Waals surface area contributed by atoms with Crippen LogP contribution in [0, 0.1) is 0 Å². The molecule has 334 valence electrons. The zero-order chi connectivity index (χ0) is 45.0. The lowest BCUT2D eigenvalue weighted by atomic mass is 9.91. The summed E-state index contributed by atoms with van der Waals surface area (Å²) in [5, 5.41) is 8.33. The van der Waals surface area contributed by atoms with Crippen LogP contribution in [0.1, 0.15) is 67.5 Å². The summed E-state index contributed by atoms with van der Waals surface area (Å²) in [6.45, 7) is 0.307. The number of ether oxygens (including phenoxy) is 8. The van der Waals surface area contributed by atoms with Gasteiger partial charge in [0.25, 0.3) is 0 Å². The standard InChI is InChI=1S/C37H36F8N2O13S/c1-16(48)53-15-26-29(54-17(2)49)30(55-18(3)50)31(56-19(4)51)32(58-26)60-28-10-5-20(13-46-28)11-23(21-6-9-24(59-34(38)39)25(12-21)57-22-7-8-22)27-14-47-33(61-27)35(52,36(40,41)42)37(43,44)45/h5-6,9-10,12-14,22-23,26,29-32,34,52H,7-8,11,15H2,1-4H3/t23-,26?,29+,30+,31?,32-/m0/s1. The molecule has 0 bridgehead atoms. The fraction of sp³-hybridized carbons (Fsp3) is 0.514. The second-order valence-electron chi connectivity index (χ2n) is 13.6. The Morgan fingerprint density at radius 2 is 1.43 bits per heavy atom. The molecule has 1 aromatic carbocycles. The molecule has 15 nitrogen and oxygen atoms in total. The van der Waals surface area contributed by atoms with E-state index in [-0.39, 0.29) is 57.2 Å². The third-order valence-electron chi connectivity index (χ3n) is 8.82. The van der Waals surface area contributed by atoms with E-state index in [4.69, 9.17) is 33.2 Å². The van der Waals surface area contributed by atoms with Gasteiger partial charge in [-0.25, -0.2) is 9.97 Å². The maximum Gasteiger partial charge on any atom is 0.433 e. The molecule has 0 radical (unpaired) electrons. The fourth-order valence-electron chi connectivity index (χ4n) is 6.03. The highest BCUT2D eigenvalue weighted by atomic mass is 32.1. The second kappa shape index (κ2) is 18.7. The summed E-state index contributed by atoms with van der Waals surface area (Å²) >= 11 is -0.0867. The van der Waals surface area contributed by atoms with Gasteiger partial charge in [0.15, 0.2) is 23.7 Å². The van der Waals surface area contributed by atoms with E-state index >= 15 is 0 Å². The minimum absolute atomic E-state index is 0.0867. The number of rotatable bonds is 16. The molecule has 61 heavy (non-hydrogen) atoms. The minimum Gasteiger partial charge on any atom is -0.487 e. The molecule has 24 heteroatoms. The van der Waals surface area contributed by atoms with Gasteiger partial charge in [-0.05, 0) is 42.5 Å². The van der Waals surface area contributed by atoms with Crippen LogP contribution in [0.2, 0.25) is 0 Å². The molecular weight excluding hydrogens is 864 g/mol. The van der Waals surface area contributed by atoms with Gasteiger partial charge >= 0.3 is 48.4 Å². The number of benzene rings is 1. The zero-order valence-electron chi connectivity index (χ0n) is 32.2. The van der Waals surface area contributed by atoms with Crippen molar-refractivity contribution < 1.29 is 97.3 Å². The summed E-state index contributed by atoms with van der Waals surface area (Å²) in [4.78, 5) is 55.4. The highest BCUT2D eigenvalue weighted by Crippen LogP contribution is 2.52. The number of alkyl halides is 8. The third-order valence-corrected chi connectivity index (χ3v) is 10.0. The van der Waals surface area contributed by atoms with Crippen LogP contribution in [-0.4, -0.2) is 101 Å². The van der Waals surface area contributed by atoms with Crippen molar-refractivity contribution in [1.82, 2.24) is 9.97 Å². The number of esters is 4. The Kier molecular flexibility index (Phi) is 14.3. The van der Waals surface area contributed by atoms with E-state index in [1.165, 1.54) is 30.5 Å². The molecule has 0 amide bonds. The molecule has 5 rings (SSSR count). The lowest BCUT2D eigenvalue weighted by molar-refractivity contribution is -0.376. The number of carbonyl (C=O) groups is 4. The van der Waals surface area contributed by atoms with Gasteiger partial charge in [0.05, 0.1) is 6.10 Å². The van der Waals surface area contributed by atoms with Crippen molar-refractivity contribution in [3.8, 4) is 17.4 Å². The van der Waals surface area contributed by atoms with Crippen LogP contribution in [0.4, 0.5) is 35.1 Å². The van der Waals surface area contributed by atoms with Crippen molar-refractivity contribution in [3.05, 3.63) is 63.7 Å². The number of thiazole rings is 1. The van der Waals surface area contributed by atoms with E-state index in [9.17, 15) is 59.4 Å².